The topological polar surface area (TPSA) is 75.6 Å². The van der Waals surface area contributed by atoms with Gasteiger partial charge in [-0.2, -0.15) is 0 Å². The molecule has 1 aromatic carbocycles. The standard InChI is InChI=1S/C15H17NO4/c1-2-9-20-15(19)16-13-8-4-5-10-11(13)6-3-7-12(10)14(17)18/h2-3,6-7,13H,1,4-5,8-9H2,(H,16,19)(H,17,18). The fourth-order valence-corrected chi connectivity index (χ4v) is 2.52. The van der Waals surface area contributed by atoms with Crippen LogP contribution in [0.15, 0.2) is 30.9 Å². The van der Waals surface area contributed by atoms with E-state index in [0.717, 1.165) is 30.4 Å². The highest BCUT2D eigenvalue weighted by molar-refractivity contribution is 5.90. The molecule has 0 bridgehead atoms. The van der Waals surface area contributed by atoms with Gasteiger partial charge in [0.1, 0.15) is 6.61 Å². The van der Waals surface area contributed by atoms with Crippen LogP contribution in [-0.2, 0) is 11.2 Å². The van der Waals surface area contributed by atoms with E-state index < -0.39 is 12.1 Å². The number of rotatable bonds is 4. The number of amides is 1. The molecule has 0 saturated heterocycles. The minimum Gasteiger partial charge on any atom is -0.478 e. The third kappa shape index (κ3) is 2.99. The summed E-state index contributed by atoms with van der Waals surface area (Å²) >= 11 is 0. The fraction of sp³-hybridized carbons (Fsp3) is 0.333. The van der Waals surface area contributed by atoms with Crippen LogP contribution in [0.3, 0.4) is 0 Å². The number of benzene rings is 1. The third-order valence-electron chi connectivity index (χ3n) is 3.36. The van der Waals surface area contributed by atoms with Gasteiger partial charge in [-0.15, -0.1) is 0 Å². The molecule has 5 heteroatoms. The van der Waals surface area contributed by atoms with Crippen molar-refractivity contribution in [2.24, 2.45) is 0 Å². The first-order valence-electron chi connectivity index (χ1n) is 6.52. The van der Waals surface area contributed by atoms with Crippen LogP contribution >= 0.6 is 0 Å². The van der Waals surface area contributed by atoms with Crippen molar-refractivity contribution in [3.63, 3.8) is 0 Å². The Labute approximate surface area is 117 Å². The zero-order chi connectivity index (χ0) is 14.5. The van der Waals surface area contributed by atoms with Gasteiger partial charge in [0.25, 0.3) is 0 Å². The number of carboxylic acids is 1. The van der Waals surface area contributed by atoms with Crippen LogP contribution in [0.25, 0.3) is 0 Å². The smallest absolute Gasteiger partial charge is 0.407 e. The van der Waals surface area contributed by atoms with E-state index in [1.165, 1.54) is 6.08 Å². The van der Waals surface area contributed by atoms with Gasteiger partial charge in [-0.25, -0.2) is 9.59 Å². The Morgan fingerprint density at radius 3 is 3.00 bits per heavy atom. The normalized spacial score (nSPS) is 16.9. The van der Waals surface area contributed by atoms with Gasteiger partial charge in [0, 0.05) is 0 Å². The predicted molar refractivity (Wildman–Crippen MR) is 73.8 cm³/mol. The van der Waals surface area contributed by atoms with Crippen molar-refractivity contribution in [3.05, 3.63) is 47.5 Å². The summed E-state index contributed by atoms with van der Waals surface area (Å²) in [4.78, 5) is 22.8. The summed E-state index contributed by atoms with van der Waals surface area (Å²) in [7, 11) is 0. The summed E-state index contributed by atoms with van der Waals surface area (Å²) in [5.41, 5.74) is 1.99. The van der Waals surface area contributed by atoms with Crippen molar-refractivity contribution in [3.8, 4) is 0 Å². The molecule has 1 aromatic rings. The average Bonchev–Trinajstić information content (AvgIpc) is 2.44. The largest absolute Gasteiger partial charge is 0.478 e. The van der Waals surface area contributed by atoms with Gasteiger partial charge >= 0.3 is 12.1 Å². The van der Waals surface area contributed by atoms with Gasteiger partial charge < -0.3 is 15.2 Å². The molecule has 0 saturated carbocycles. The van der Waals surface area contributed by atoms with Crippen LogP contribution in [0.1, 0.15) is 40.4 Å². The van der Waals surface area contributed by atoms with E-state index in [-0.39, 0.29) is 12.6 Å². The van der Waals surface area contributed by atoms with Crippen LogP contribution in [0.4, 0.5) is 4.79 Å². The molecule has 0 aliphatic heterocycles. The first-order valence-corrected chi connectivity index (χ1v) is 6.52. The number of hydrogen-bond donors (Lipinski definition) is 2. The molecule has 5 nitrogen and oxygen atoms in total. The summed E-state index contributed by atoms with van der Waals surface area (Å²) in [5.74, 6) is -0.934. The van der Waals surface area contributed by atoms with Gasteiger partial charge in [-0.1, -0.05) is 24.8 Å². The van der Waals surface area contributed by atoms with Crippen molar-refractivity contribution in [2.75, 3.05) is 6.61 Å². The van der Waals surface area contributed by atoms with Crippen molar-refractivity contribution >= 4 is 12.1 Å². The molecule has 1 aliphatic rings. The quantitative estimate of drug-likeness (QED) is 0.828. The number of carbonyl (C=O) groups excluding carboxylic acids is 1. The predicted octanol–water partition coefficient (Wildman–Crippen LogP) is 2.67. The maximum absolute atomic E-state index is 11.6. The Morgan fingerprint density at radius 2 is 2.30 bits per heavy atom. The highest BCUT2D eigenvalue weighted by Crippen LogP contribution is 2.31. The fourth-order valence-electron chi connectivity index (χ4n) is 2.52. The maximum atomic E-state index is 11.6. The lowest BCUT2D eigenvalue weighted by Crippen LogP contribution is -2.32. The molecule has 0 heterocycles. The van der Waals surface area contributed by atoms with Crippen LogP contribution in [0.5, 0.6) is 0 Å². The number of hydrogen-bond acceptors (Lipinski definition) is 3. The van der Waals surface area contributed by atoms with Gasteiger partial charge in [-0.3, -0.25) is 0 Å². The van der Waals surface area contributed by atoms with Crippen LogP contribution in [0.2, 0.25) is 0 Å². The monoisotopic (exact) mass is 275 g/mol. The van der Waals surface area contributed by atoms with E-state index in [1.807, 2.05) is 6.07 Å². The Kier molecular flexibility index (Phi) is 4.40. The van der Waals surface area contributed by atoms with E-state index in [2.05, 4.69) is 11.9 Å². The molecule has 1 atom stereocenters. The van der Waals surface area contributed by atoms with E-state index in [0.29, 0.717) is 5.56 Å². The second-order valence-corrected chi connectivity index (χ2v) is 4.65. The minimum absolute atomic E-state index is 0.153. The van der Waals surface area contributed by atoms with Gasteiger partial charge in [0.05, 0.1) is 11.6 Å². The van der Waals surface area contributed by atoms with Crippen molar-refractivity contribution in [1.82, 2.24) is 5.32 Å². The molecule has 2 rings (SSSR count). The Balaban J connectivity index is 2.20. The first-order chi connectivity index (χ1) is 9.63. The number of fused-ring (bicyclic) bond motifs is 1. The van der Waals surface area contributed by atoms with E-state index >= 15 is 0 Å². The molecule has 0 aromatic heterocycles. The maximum Gasteiger partial charge on any atom is 0.407 e. The lowest BCUT2D eigenvalue weighted by Gasteiger charge is -2.27. The van der Waals surface area contributed by atoms with E-state index in [4.69, 9.17) is 4.74 Å². The van der Waals surface area contributed by atoms with Crippen LogP contribution < -0.4 is 5.32 Å². The van der Waals surface area contributed by atoms with Crippen molar-refractivity contribution in [1.29, 1.82) is 0 Å². The lowest BCUT2D eigenvalue weighted by atomic mass is 9.85. The lowest BCUT2D eigenvalue weighted by molar-refractivity contribution is 0.0695. The summed E-state index contributed by atoms with van der Waals surface area (Å²) in [6.07, 6.45) is 3.32. The highest BCUT2D eigenvalue weighted by atomic mass is 16.5. The van der Waals surface area contributed by atoms with Gasteiger partial charge in [-0.05, 0) is 36.5 Å². The number of ether oxygens (including phenoxy) is 1. The zero-order valence-electron chi connectivity index (χ0n) is 11.1. The molecule has 1 unspecified atom stereocenters. The first kappa shape index (κ1) is 14.1. The minimum atomic E-state index is -0.934. The third-order valence-corrected chi connectivity index (χ3v) is 3.36. The molecule has 20 heavy (non-hydrogen) atoms. The molecule has 1 aliphatic carbocycles. The highest BCUT2D eigenvalue weighted by Gasteiger charge is 2.25. The Hall–Kier alpha value is -2.30. The van der Waals surface area contributed by atoms with Gasteiger partial charge in [0.2, 0.25) is 0 Å². The molecule has 0 fully saturated rings. The molecular weight excluding hydrogens is 258 g/mol. The summed E-state index contributed by atoms with van der Waals surface area (Å²) in [5, 5.41) is 12.0. The van der Waals surface area contributed by atoms with Crippen LogP contribution in [-0.4, -0.2) is 23.8 Å². The number of carbonyl (C=O) groups is 2. The van der Waals surface area contributed by atoms with E-state index in [9.17, 15) is 14.7 Å². The number of carboxylic acid groups (broad SMARTS) is 1. The molecule has 106 valence electrons. The zero-order valence-corrected chi connectivity index (χ0v) is 11.1. The Bertz CT molecular complexity index is 539. The SMILES string of the molecule is C=CCOC(=O)NC1CCCc2c(C(=O)O)cccc21. The molecule has 0 spiro atoms. The molecular formula is C15H17NO4. The Morgan fingerprint density at radius 1 is 1.50 bits per heavy atom. The molecule has 2 N–H and O–H groups in total. The van der Waals surface area contributed by atoms with Crippen molar-refractivity contribution < 1.29 is 19.4 Å². The summed E-state index contributed by atoms with van der Waals surface area (Å²) < 4.78 is 4.90. The summed E-state index contributed by atoms with van der Waals surface area (Å²) in [6.45, 7) is 3.63. The number of nitrogens with one attached hydrogen (secondary N) is 1. The number of alkyl carbamates (subject to hydrolysis) is 1. The van der Waals surface area contributed by atoms with Crippen molar-refractivity contribution in [2.45, 2.75) is 25.3 Å². The number of aromatic carboxylic acids is 1. The second kappa shape index (κ2) is 6.23. The second-order valence-electron chi connectivity index (χ2n) is 4.65. The summed E-state index contributed by atoms with van der Waals surface area (Å²) in [6, 6.07) is 4.96. The average molecular weight is 275 g/mol. The van der Waals surface area contributed by atoms with Crippen LogP contribution in [0, 0.1) is 0 Å². The molecule has 0 radical (unpaired) electrons. The van der Waals surface area contributed by atoms with E-state index in [1.54, 1.807) is 12.1 Å². The van der Waals surface area contributed by atoms with Gasteiger partial charge in [0.15, 0.2) is 0 Å². The molecule has 1 amide bonds.